The van der Waals surface area contributed by atoms with Gasteiger partial charge in [0.15, 0.2) is 0 Å². The largest absolute Gasteiger partial charge is 0.356 e. The number of hydrogen-bond acceptors (Lipinski definition) is 4. The van der Waals surface area contributed by atoms with Crippen molar-refractivity contribution in [1.82, 2.24) is 10.3 Å². The highest BCUT2D eigenvalue weighted by Crippen LogP contribution is 2.04. The van der Waals surface area contributed by atoms with Crippen molar-refractivity contribution in [3.8, 4) is 0 Å². The average Bonchev–Trinajstić information content (AvgIpc) is 2.82. The quantitative estimate of drug-likeness (QED) is 0.660. The minimum atomic E-state index is 0.148. The molecule has 0 spiro atoms. The zero-order valence-corrected chi connectivity index (χ0v) is 11.0. The lowest BCUT2D eigenvalue weighted by atomic mass is 10.1. The highest BCUT2D eigenvalue weighted by atomic mass is 32.1. The molecular weight excluding hydrogens is 234 g/mol. The molecule has 0 aliphatic carbocycles. The van der Waals surface area contributed by atoms with Crippen molar-refractivity contribution < 1.29 is 4.79 Å². The molecule has 1 rings (SSSR count). The Balaban J connectivity index is 1.94. The molecule has 4 nitrogen and oxygen atoms in total. The number of rotatable bonds is 9. The summed E-state index contributed by atoms with van der Waals surface area (Å²) < 4.78 is 0. The molecule has 0 saturated heterocycles. The van der Waals surface area contributed by atoms with Crippen LogP contribution in [-0.2, 0) is 11.2 Å². The van der Waals surface area contributed by atoms with Gasteiger partial charge in [0, 0.05) is 31.0 Å². The summed E-state index contributed by atoms with van der Waals surface area (Å²) in [7, 11) is 0. The van der Waals surface area contributed by atoms with E-state index < -0.39 is 0 Å². The molecule has 96 valence electrons. The maximum Gasteiger partial charge on any atom is 0.220 e. The highest BCUT2D eigenvalue weighted by Gasteiger charge is 2.01. The van der Waals surface area contributed by atoms with Gasteiger partial charge in [-0.25, -0.2) is 4.98 Å². The van der Waals surface area contributed by atoms with Gasteiger partial charge in [-0.2, -0.15) is 0 Å². The summed E-state index contributed by atoms with van der Waals surface area (Å²) in [5, 5.41) is 5.94. The molecule has 0 aromatic carbocycles. The standard InChI is InChI=1S/C12H21N3OS/c13-7-4-2-1-3-5-11(16)14-8-6-12-15-9-10-17-12/h9-10H,1-8,13H2,(H,14,16). The Kier molecular flexibility index (Phi) is 7.58. The van der Waals surface area contributed by atoms with Crippen LogP contribution in [0.15, 0.2) is 11.6 Å². The van der Waals surface area contributed by atoms with Crippen molar-refractivity contribution in [3.63, 3.8) is 0 Å². The third kappa shape index (κ3) is 7.07. The number of carbonyl (C=O) groups is 1. The first-order chi connectivity index (χ1) is 8.33. The first kappa shape index (κ1) is 14.1. The van der Waals surface area contributed by atoms with E-state index in [2.05, 4.69) is 10.3 Å². The van der Waals surface area contributed by atoms with Gasteiger partial charge in [0.25, 0.3) is 0 Å². The van der Waals surface area contributed by atoms with Crippen molar-refractivity contribution >= 4 is 17.2 Å². The van der Waals surface area contributed by atoms with Gasteiger partial charge >= 0.3 is 0 Å². The van der Waals surface area contributed by atoms with Crippen LogP contribution in [0.4, 0.5) is 0 Å². The number of amides is 1. The molecule has 0 radical (unpaired) electrons. The summed E-state index contributed by atoms with van der Waals surface area (Å²) in [6, 6.07) is 0. The Labute approximate surface area is 107 Å². The van der Waals surface area contributed by atoms with Crippen molar-refractivity contribution in [2.75, 3.05) is 13.1 Å². The van der Waals surface area contributed by atoms with Crippen LogP contribution in [0.2, 0.25) is 0 Å². The summed E-state index contributed by atoms with van der Waals surface area (Å²) >= 11 is 1.63. The Morgan fingerprint density at radius 1 is 1.35 bits per heavy atom. The SMILES string of the molecule is NCCCCCCC(=O)NCCc1nccs1. The van der Waals surface area contributed by atoms with Crippen LogP contribution in [0.5, 0.6) is 0 Å². The summed E-state index contributed by atoms with van der Waals surface area (Å²) in [5.41, 5.74) is 5.40. The summed E-state index contributed by atoms with van der Waals surface area (Å²) in [5.74, 6) is 0.148. The minimum absolute atomic E-state index is 0.148. The molecule has 3 N–H and O–H groups in total. The molecule has 0 aliphatic rings. The van der Waals surface area contributed by atoms with Crippen LogP contribution in [0.3, 0.4) is 0 Å². The molecule has 1 aromatic heterocycles. The number of carbonyl (C=O) groups excluding carboxylic acids is 1. The van der Waals surface area contributed by atoms with Crippen molar-refractivity contribution in [2.24, 2.45) is 5.73 Å². The van der Waals surface area contributed by atoms with Gasteiger partial charge in [-0.3, -0.25) is 4.79 Å². The van der Waals surface area contributed by atoms with Crippen LogP contribution in [0.25, 0.3) is 0 Å². The van der Waals surface area contributed by atoms with Crippen molar-refractivity contribution in [1.29, 1.82) is 0 Å². The van der Waals surface area contributed by atoms with Crippen LogP contribution in [-0.4, -0.2) is 24.0 Å². The predicted octanol–water partition coefficient (Wildman–Crippen LogP) is 1.71. The monoisotopic (exact) mass is 255 g/mol. The topological polar surface area (TPSA) is 68.0 Å². The van der Waals surface area contributed by atoms with E-state index in [9.17, 15) is 4.79 Å². The van der Waals surface area contributed by atoms with E-state index in [-0.39, 0.29) is 5.91 Å². The Hall–Kier alpha value is -0.940. The smallest absolute Gasteiger partial charge is 0.220 e. The van der Waals surface area contributed by atoms with E-state index in [1.165, 1.54) is 0 Å². The average molecular weight is 255 g/mol. The Bertz CT molecular complexity index is 301. The fourth-order valence-corrected chi connectivity index (χ4v) is 2.18. The van der Waals surface area contributed by atoms with Gasteiger partial charge < -0.3 is 11.1 Å². The number of nitrogens with two attached hydrogens (primary N) is 1. The van der Waals surface area contributed by atoms with E-state index in [4.69, 9.17) is 5.73 Å². The molecule has 0 fully saturated rings. The first-order valence-electron chi connectivity index (χ1n) is 6.18. The molecule has 0 saturated carbocycles. The van der Waals surface area contributed by atoms with E-state index in [0.29, 0.717) is 13.0 Å². The number of thiazole rings is 1. The number of unbranched alkanes of at least 4 members (excludes halogenated alkanes) is 3. The van der Waals surface area contributed by atoms with Gasteiger partial charge in [-0.05, 0) is 19.4 Å². The molecule has 1 heterocycles. The second-order valence-corrected chi connectivity index (χ2v) is 4.96. The van der Waals surface area contributed by atoms with Crippen LogP contribution >= 0.6 is 11.3 Å². The lowest BCUT2D eigenvalue weighted by Gasteiger charge is -2.03. The van der Waals surface area contributed by atoms with E-state index >= 15 is 0 Å². The number of hydrogen-bond donors (Lipinski definition) is 2. The van der Waals surface area contributed by atoms with Gasteiger partial charge in [0.1, 0.15) is 0 Å². The fourth-order valence-electron chi connectivity index (χ4n) is 1.56. The first-order valence-corrected chi connectivity index (χ1v) is 7.06. The molecule has 0 aliphatic heterocycles. The highest BCUT2D eigenvalue weighted by molar-refractivity contribution is 7.09. The van der Waals surface area contributed by atoms with Crippen molar-refractivity contribution in [2.45, 2.75) is 38.5 Å². The summed E-state index contributed by atoms with van der Waals surface area (Å²) in [6.07, 6.45) is 7.49. The minimum Gasteiger partial charge on any atom is -0.356 e. The predicted molar refractivity (Wildman–Crippen MR) is 71.0 cm³/mol. The van der Waals surface area contributed by atoms with Crippen LogP contribution < -0.4 is 11.1 Å². The van der Waals surface area contributed by atoms with Crippen LogP contribution in [0.1, 0.15) is 37.1 Å². The lowest BCUT2D eigenvalue weighted by molar-refractivity contribution is -0.121. The summed E-state index contributed by atoms with van der Waals surface area (Å²) in [4.78, 5) is 15.6. The van der Waals surface area contributed by atoms with E-state index in [1.807, 2.05) is 5.38 Å². The fraction of sp³-hybridized carbons (Fsp3) is 0.667. The van der Waals surface area contributed by atoms with Gasteiger partial charge in [0.05, 0.1) is 5.01 Å². The molecule has 0 bridgehead atoms. The lowest BCUT2D eigenvalue weighted by Crippen LogP contribution is -2.25. The van der Waals surface area contributed by atoms with Gasteiger partial charge in [-0.1, -0.05) is 12.8 Å². The second kappa shape index (κ2) is 9.13. The van der Waals surface area contributed by atoms with E-state index in [0.717, 1.165) is 43.7 Å². The third-order valence-corrected chi connectivity index (χ3v) is 3.34. The Morgan fingerprint density at radius 2 is 2.18 bits per heavy atom. The molecule has 17 heavy (non-hydrogen) atoms. The molecule has 5 heteroatoms. The number of nitrogens with zero attached hydrogens (tertiary/aromatic N) is 1. The van der Waals surface area contributed by atoms with Crippen LogP contribution in [0, 0.1) is 0 Å². The molecular formula is C12H21N3OS. The molecule has 0 atom stereocenters. The van der Waals surface area contributed by atoms with E-state index in [1.54, 1.807) is 17.5 Å². The molecule has 0 unspecified atom stereocenters. The molecule has 1 amide bonds. The maximum atomic E-state index is 11.5. The zero-order chi connectivity index (χ0) is 12.3. The van der Waals surface area contributed by atoms with Crippen molar-refractivity contribution in [3.05, 3.63) is 16.6 Å². The summed E-state index contributed by atoms with van der Waals surface area (Å²) in [6.45, 7) is 1.44. The normalized spacial score (nSPS) is 10.4. The van der Waals surface area contributed by atoms with Gasteiger partial charge in [0.2, 0.25) is 5.91 Å². The maximum absolute atomic E-state index is 11.5. The molecule has 1 aromatic rings. The zero-order valence-electron chi connectivity index (χ0n) is 10.2. The van der Waals surface area contributed by atoms with Gasteiger partial charge in [-0.15, -0.1) is 11.3 Å². The number of nitrogens with one attached hydrogen (secondary N) is 1. The number of aromatic nitrogens is 1. The third-order valence-electron chi connectivity index (χ3n) is 2.50. The second-order valence-electron chi connectivity index (χ2n) is 3.98. The Morgan fingerprint density at radius 3 is 2.88 bits per heavy atom.